The first kappa shape index (κ1) is 14.3. The number of hydrogen-bond donors (Lipinski definition) is 1. The number of nitrogens with zero attached hydrogens (tertiary/aromatic N) is 4. The van der Waals surface area contributed by atoms with Crippen LogP contribution in [0.15, 0.2) is 36.7 Å². The van der Waals surface area contributed by atoms with Crippen LogP contribution in [-0.2, 0) is 17.9 Å². The van der Waals surface area contributed by atoms with Gasteiger partial charge in [0.2, 0.25) is 5.91 Å². The lowest BCUT2D eigenvalue weighted by Gasteiger charge is -2.05. The molecule has 0 aliphatic heterocycles. The number of aromatic nitrogens is 4. The van der Waals surface area contributed by atoms with Crippen molar-refractivity contribution in [2.45, 2.75) is 33.4 Å². The number of amides is 1. The van der Waals surface area contributed by atoms with Gasteiger partial charge in [0, 0.05) is 30.6 Å². The fraction of sp³-hybridized carbons (Fsp3) is 0.312. The van der Waals surface area contributed by atoms with Gasteiger partial charge in [-0.1, -0.05) is 12.1 Å². The molecule has 0 radical (unpaired) electrons. The summed E-state index contributed by atoms with van der Waals surface area (Å²) >= 11 is 0. The Kier molecular flexibility index (Phi) is 3.91. The van der Waals surface area contributed by atoms with Crippen LogP contribution in [0, 0.1) is 6.92 Å². The van der Waals surface area contributed by atoms with Gasteiger partial charge in [-0.25, -0.2) is 0 Å². The number of carbonyl (C=O) groups is 1. The summed E-state index contributed by atoms with van der Waals surface area (Å²) in [5, 5.41) is 12.5. The van der Waals surface area contributed by atoms with Crippen molar-refractivity contribution in [2.75, 3.05) is 5.32 Å². The average Bonchev–Trinajstić information content (AvgIpc) is 3.11. The van der Waals surface area contributed by atoms with E-state index >= 15 is 0 Å². The Hall–Kier alpha value is -2.63. The Morgan fingerprint density at radius 2 is 2.18 bits per heavy atom. The minimum absolute atomic E-state index is 0.0577. The maximum absolute atomic E-state index is 12.0. The summed E-state index contributed by atoms with van der Waals surface area (Å²) in [5.41, 5.74) is 2.24. The summed E-state index contributed by atoms with van der Waals surface area (Å²) in [7, 11) is 0. The molecule has 0 saturated carbocycles. The molecule has 2 aromatic heterocycles. The highest BCUT2D eigenvalue weighted by Gasteiger charge is 2.08. The van der Waals surface area contributed by atoms with E-state index in [4.69, 9.17) is 0 Å². The molecule has 1 aromatic carbocycles. The molecular formula is C16H19N5O. The maximum Gasteiger partial charge on any atom is 0.227 e. The summed E-state index contributed by atoms with van der Waals surface area (Å²) in [6.07, 6.45) is 4.04. The van der Waals surface area contributed by atoms with Crippen LogP contribution in [-0.4, -0.2) is 25.5 Å². The van der Waals surface area contributed by atoms with Crippen molar-refractivity contribution in [1.82, 2.24) is 19.6 Å². The molecule has 114 valence electrons. The molecular weight excluding hydrogens is 278 g/mol. The molecule has 0 fully saturated rings. The number of rotatable bonds is 5. The van der Waals surface area contributed by atoms with Crippen molar-refractivity contribution in [3.05, 3.63) is 42.2 Å². The SMILES string of the molecule is CCn1ccc(NC(=O)CCn2ncc3ccc(C)cc32)n1. The van der Waals surface area contributed by atoms with Crippen LogP contribution in [0.3, 0.4) is 0 Å². The number of benzene rings is 1. The van der Waals surface area contributed by atoms with E-state index in [1.54, 1.807) is 10.7 Å². The van der Waals surface area contributed by atoms with Crippen LogP contribution in [0.1, 0.15) is 18.9 Å². The largest absolute Gasteiger partial charge is 0.309 e. The molecule has 2 heterocycles. The lowest BCUT2D eigenvalue weighted by molar-refractivity contribution is -0.116. The van der Waals surface area contributed by atoms with Gasteiger partial charge in [0.05, 0.1) is 18.3 Å². The Morgan fingerprint density at radius 1 is 1.32 bits per heavy atom. The molecule has 3 rings (SSSR count). The van der Waals surface area contributed by atoms with Gasteiger partial charge in [-0.2, -0.15) is 10.2 Å². The summed E-state index contributed by atoms with van der Waals surface area (Å²) in [6, 6.07) is 7.99. The Morgan fingerprint density at radius 3 is 2.95 bits per heavy atom. The minimum Gasteiger partial charge on any atom is -0.309 e. The van der Waals surface area contributed by atoms with Crippen molar-refractivity contribution < 1.29 is 4.79 Å². The van der Waals surface area contributed by atoms with Crippen LogP contribution < -0.4 is 5.32 Å². The van der Waals surface area contributed by atoms with Gasteiger partial charge in [-0.05, 0) is 25.5 Å². The fourth-order valence-electron chi connectivity index (χ4n) is 2.38. The predicted molar refractivity (Wildman–Crippen MR) is 85.6 cm³/mol. The second-order valence-corrected chi connectivity index (χ2v) is 5.28. The molecule has 0 bridgehead atoms. The van der Waals surface area contributed by atoms with Crippen LogP contribution in [0.25, 0.3) is 10.9 Å². The normalized spacial score (nSPS) is 11.0. The highest BCUT2D eigenvalue weighted by Crippen LogP contribution is 2.15. The van der Waals surface area contributed by atoms with E-state index in [-0.39, 0.29) is 5.91 Å². The summed E-state index contributed by atoms with van der Waals surface area (Å²) in [5.74, 6) is 0.533. The van der Waals surface area contributed by atoms with Crippen molar-refractivity contribution in [3.8, 4) is 0 Å². The molecule has 3 aromatic rings. The second kappa shape index (κ2) is 6.01. The third-order valence-corrected chi connectivity index (χ3v) is 3.58. The van der Waals surface area contributed by atoms with Crippen molar-refractivity contribution in [1.29, 1.82) is 0 Å². The maximum atomic E-state index is 12.0. The molecule has 0 aliphatic carbocycles. The third-order valence-electron chi connectivity index (χ3n) is 3.58. The molecule has 0 atom stereocenters. The summed E-state index contributed by atoms with van der Waals surface area (Å²) < 4.78 is 3.64. The highest BCUT2D eigenvalue weighted by atomic mass is 16.1. The third kappa shape index (κ3) is 3.00. The minimum atomic E-state index is -0.0577. The first-order valence-corrected chi connectivity index (χ1v) is 7.41. The standard InChI is InChI=1S/C16H19N5O/c1-3-20-8-6-15(19-20)18-16(22)7-9-21-14-10-12(2)4-5-13(14)11-17-21/h4-6,8,10-11H,3,7,9H2,1-2H3,(H,18,19,22). The number of anilines is 1. The summed E-state index contributed by atoms with van der Waals surface area (Å²) in [6.45, 7) is 5.39. The molecule has 0 aliphatic rings. The van der Waals surface area contributed by atoms with E-state index in [9.17, 15) is 4.79 Å². The van der Waals surface area contributed by atoms with E-state index in [0.29, 0.717) is 18.8 Å². The molecule has 0 spiro atoms. The number of aryl methyl sites for hydroxylation is 3. The predicted octanol–water partition coefficient (Wildman–Crippen LogP) is 2.59. The molecule has 1 amide bonds. The number of nitrogens with one attached hydrogen (secondary N) is 1. The monoisotopic (exact) mass is 297 g/mol. The van der Waals surface area contributed by atoms with Crippen molar-refractivity contribution in [3.63, 3.8) is 0 Å². The van der Waals surface area contributed by atoms with Gasteiger partial charge < -0.3 is 5.32 Å². The number of carbonyl (C=O) groups excluding carboxylic acids is 1. The zero-order valence-electron chi connectivity index (χ0n) is 12.8. The van der Waals surface area contributed by atoms with Crippen LogP contribution in [0.5, 0.6) is 0 Å². The first-order valence-electron chi connectivity index (χ1n) is 7.41. The highest BCUT2D eigenvalue weighted by molar-refractivity contribution is 5.89. The van der Waals surface area contributed by atoms with Crippen molar-refractivity contribution in [2.24, 2.45) is 0 Å². The van der Waals surface area contributed by atoms with Gasteiger partial charge >= 0.3 is 0 Å². The molecule has 6 heteroatoms. The van der Waals surface area contributed by atoms with Gasteiger partial charge in [-0.15, -0.1) is 0 Å². The molecule has 0 saturated heterocycles. The Bertz CT molecular complexity index is 802. The van der Waals surface area contributed by atoms with Gasteiger partial charge in [0.25, 0.3) is 0 Å². The van der Waals surface area contributed by atoms with Crippen LogP contribution >= 0.6 is 0 Å². The van der Waals surface area contributed by atoms with E-state index in [2.05, 4.69) is 27.6 Å². The Balaban J connectivity index is 1.63. The van der Waals surface area contributed by atoms with E-state index in [1.807, 2.05) is 37.0 Å². The van der Waals surface area contributed by atoms with Gasteiger partial charge in [0.15, 0.2) is 5.82 Å². The smallest absolute Gasteiger partial charge is 0.227 e. The van der Waals surface area contributed by atoms with Crippen molar-refractivity contribution >= 4 is 22.6 Å². The van der Waals surface area contributed by atoms with Crippen LogP contribution in [0.4, 0.5) is 5.82 Å². The molecule has 1 N–H and O–H groups in total. The first-order chi connectivity index (χ1) is 10.7. The average molecular weight is 297 g/mol. The van der Waals surface area contributed by atoms with Crippen LogP contribution in [0.2, 0.25) is 0 Å². The lowest BCUT2D eigenvalue weighted by atomic mass is 10.2. The lowest BCUT2D eigenvalue weighted by Crippen LogP contribution is -2.15. The summed E-state index contributed by atoms with van der Waals surface area (Å²) in [4.78, 5) is 12.0. The quantitative estimate of drug-likeness (QED) is 0.787. The Labute approximate surface area is 128 Å². The van der Waals surface area contributed by atoms with E-state index in [0.717, 1.165) is 17.4 Å². The zero-order valence-corrected chi connectivity index (χ0v) is 12.8. The van der Waals surface area contributed by atoms with Gasteiger partial charge in [0.1, 0.15) is 0 Å². The van der Waals surface area contributed by atoms with E-state index in [1.165, 1.54) is 5.56 Å². The fourth-order valence-corrected chi connectivity index (χ4v) is 2.38. The molecule has 6 nitrogen and oxygen atoms in total. The zero-order chi connectivity index (χ0) is 15.5. The topological polar surface area (TPSA) is 64.7 Å². The number of fused-ring (bicyclic) bond motifs is 1. The molecule has 0 unspecified atom stereocenters. The van der Waals surface area contributed by atoms with E-state index < -0.39 is 0 Å². The number of hydrogen-bond acceptors (Lipinski definition) is 3. The van der Waals surface area contributed by atoms with Gasteiger partial charge in [-0.3, -0.25) is 14.2 Å². The second-order valence-electron chi connectivity index (χ2n) is 5.28. The molecule has 22 heavy (non-hydrogen) atoms.